The van der Waals surface area contributed by atoms with Crippen molar-refractivity contribution in [3.05, 3.63) is 52.8 Å². The Morgan fingerprint density at radius 1 is 1.13 bits per heavy atom. The Kier molecular flexibility index (Phi) is 3.14. The lowest BCUT2D eigenvalue weighted by Crippen LogP contribution is -1.99. The number of benzene rings is 1. The first-order valence-corrected chi connectivity index (χ1v) is 5.50. The van der Waals surface area contributed by atoms with Gasteiger partial charge in [0.15, 0.2) is 0 Å². The van der Waals surface area contributed by atoms with Crippen LogP contribution in [-0.2, 0) is 6.54 Å². The SMILES string of the molecule is NCc1cnccc1-c1ccccc1Br. The molecule has 0 aliphatic heterocycles. The monoisotopic (exact) mass is 262 g/mol. The molecule has 2 aromatic rings. The number of aromatic nitrogens is 1. The molecule has 0 fully saturated rings. The highest BCUT2D eigenvalue weighted by atomic mass is 79.9. The first-order valence-electron chi connectivity index (χ1n) is 4.71. The molecule has 2 N–H and O–H groups in total. The Hall–Kier alpha value is -1.19. The Morgan fingerprint density at radius 3 is 2.67 bits per heavy atom. The van der Waals surface area contributed by atoms with Crippen LogP contribution in [0.3, 0.4) is 0 Å². The van der Waals surface area contributed by atoms with Gasteiger partial charge in [0.05, 0.1) is 0 Å². The van der Waals surface area contributed by atoms with E-state index in [4.69, 9.17) is 5.73 Å². The van der Waals surface area contributed by atoms with E-state index in [1.54, 1.807) is 6.20 Å². The third-order valence-electron chi connectivity index (χ3n) is 2.29. The van der Waals surface area contributed by atoms with E-state index in [-0.39, 0.29) is 0 Å². The number of halogens is 1. The molecule has 2 nitrogen and oxygen atoms in total. The fourth-order valence-corrected chi connectivity index (χ4v) is 2.03. The van der Waals surface area contributed by atoms with Gasteiger partial charge in [-0.1, -0.05) is 34.1 Å². The predicted octanol–water partition coefficient (Wildman–Crippen LogP) is 2.97. The van der Waals surface area contributed by atoms with Gasteiger partial charge in [0, 0.05) is 23.4 Å². The molecule has 0 atom stereocenters. The van der Waals surface area contributed by atoms with Crippen LogP contribution >= 0.6 is 15.9 Å². The van der Waals surface area contributed by atoms with Gasteiger partial charge in [-0.05, 0) is 28.8 Å². The van der Waals surface area contributed by atoms with E-state index in [0.29, 0.717) is 6.54 Å². The minimum absolute atomic E-state index is 0.504. The third-order valence-corrected chi connectivity index (χ3v) is 2.98. The van der Waals surface area contributed by atoms with Crippen molar-refractivity contribution in [2.75, 3.05) is 0 Å². The van der Waals surface area contributed by atoms with Gasteiger partial charge in [0.2, 0.25) is 0 Å². The van der Waals surface area contributed by atoms with E-state index in [9.17, 15) is 0 Å². The van der Waals surface area contributed by atoms with Crippen LogP contribution < -0.4 is 5.73 Å². The summed E-state index contributed by atoms with van der Waals surface area (Å²) in [6, 6.07) is 10.1. The molecule has 1 heterocycles. The molecule has 0 radical (unpaired) electrons. The summed E-state index contributed by atoms with van der Waals surface area (Å²) in [5, 5.41) is 0. The number of rotatable bonds is 2. The van der Waals surface area contributed by atoms with Crippen LogP contribution in [0.5, 0.6) is 0 Å². The molecule has 0 amide bonds. The highest BCUT2D eigenvalue weighted by molar-refractivity contribution is 9.10. The molecule has 76 valence electrons. The van der Waals surface area contributed by atoms with E-state index in [0.717, 1.165) is 21.2 Å². The summed E-state index contributed by atoms with van der Waals surface area (Å²) in [5.41, 5.74) is 9.03. The van der Waals surface area contributed by atoms with Crippen LogP contribution in [0.2, 0.25) is 0 Å². The molecule has 0 saturated heterocycles. The lowest BCUT2D eigenvalue weighted by atomic mass is 10.0. The molecule has 0 spiro atoms. The molecule has 15 heavy (non-hydrogen) atoms. The molecule has 0 saturated carbocycles. The quantitative estimate of drug-likeness (QED) is 0.904. The molecule has 0 aliphatic rings. The average molecular weight is 263 g/mol. The second kappa shape index (κ2) is 4.55. The minimum atomic E-state index is 0.504. The molecule has 3 heteroatoms. The van der Waals surface area contributed by atoms with Gasteiger partial charge in [-0.25, -0.2) is 0 Å². The van der Waals surface area contributed by atoms with Gasteiger partial charge >= 0.3 is 0 Å². The maximum absolute atomic E-state index is 5.68. The topological polar surface area (TPSA) is 38.9 Å². The van der Waals surface area contributed by atoms with Crippen molar-refractivity contribution in [2.45, 2.75) is 6.54 Å². The minimum Gasteiger partial charge on any atom is -0.326 e. The van der Waals surface area contributed by atoms with Crippen molar-refractivity contribution in [1.82, 2.24) is 4.98 Å². The van der Waals surface area contributed by atoms with E-state index < -0.39 is 0 Å². The molecule has 0 bridgehead atoms. The number of hydrogen-bond donors (Lipinski definition) is 1. The van der Waals surface area contributed by atoms with Gasteiger partial charge < -0.3 is 5.73 Å². The van der Waals surface area contributed by atoms with Crippen molar-refractivity contribution >= 4 is 15.9 Å². The molecule has 1 aromatic heterocycles. The Labute approximate surface area is 97.3 Å². The highest BCUT2D eigenvalue weighted by Crippen LogP contribution is 2.29. The van der Waals surface area contributed by atoms with Crippen molar-refractivity contribution in [1.29, 1.82) is 0 Å². The lowest BCUT2D eigenvalue weighted by molar-refractivity contribution is 1.05. The van der Waals surface area contributed by atoms with Crippen LogP contribution in [0.4, 0.5) is 0 Å². The van der Waals surface area contributed by atoms with Crippen LogP contribution in [-0.4, -0.2) is 4.98 Å². The fourth-order valence-electron chi connectivity index (χ4n) is 1.53. The Morgan fingerprint density at radius 2 is 1.93 bits per heavy atom. The normalized spacial score (nSPS) is 10.3. The summed E-state index contributed by atoms with van der Waals surface area (Å²) in [5.74, 6) is 0. The average Bonchev–Trinajstić information content (AvgIpc) is 2.30. The molecule has 0 unspecified atom stereocenters. The second-order valence-corrected chi connectivity index (χ2v) is 4.07. The van der Waals surface area contributed by atoms with E-state index in [2.05, 4.69) is 27.0 Å². The molecule has 2 rings (SSSR count). The first-order chi connectivity index (χ1) is 7.33. The zero-order valence-electron chi connectivity index (χ0n) is 8.15. The fraction of sp³-hybridized carbons (Fsp3) is 0.0833. The van der Waals surface area contributed by atoms with Crippen LogP contribution in [0.1, 0.15) is 5.56 Å². The summed E-state index contributed by atoms with van der Waals surface area (Å²) in [6.45, 7) is 0.504. The Bertz CT molecular complexity index is 469. The zero-order chi connectivity index (χ0) is 10.7. The standard InChI is InChI=1S/C12H11BrN2/c13-12-4-2-1-3-11(12)10-5-6-15-8-9(10)7-14/h1-6,8H,7,14H2. The van der Waals surface area contributed by atoms with Gasteiger partial charge in [-0.3, -0.25) is 4.98 Å². The molecular weight excluding hydrogens is 252 g/mol. The number of nitrogens with zero attached hydrogens (tertiary/aromatic N) is 1. The van der Waals surface area contributed by atoms with Gasteiger partial charge in [-0.15, -0.1) is 0 Å². The van der Waals surface area contributed by atoms with Crippen LogP contribution in [0.25, 0.3) is 11.1 Å². The van der Waals surface area contributed by atoms with Gasteiger partial charge in [0.1, 0.15) is 0 Å². The summed E-state index contributed by atoms with van der Waals surface area (Å²) in [4.78, 5) is 4.08. The first kappa shape index (κ1) is 10.3. The van der Waals surface area contributed by atoms with E-state index in [1.807, 2.05) is 30.5 Å². The number of pyridine rings is 1. The van der Waals surface area contributed by atoms with Crippen molar-refractivity contribution in [3.8, 4) is 11.1 Å². The molecular formula is C12H11BrN2. The number of hydrogen-bond acceptors (Lipinski definition) is 2. The van der Waals surface area contributed by atoms with E-state index >= 15 is 0 Å². The lowest BCUT2D eigenvalue weighted by Gasteiger charge is -2.08. The van der Waals surface area contributed by atoms with Crippen LogP contribution in [0.15, 0.2) is 47.2 Å². The molecule has 0 aliphatic carbocycles. The summed E-state index contributed by atoms with van der Waals surface area (Å²) < 4.78 is 1.07. The summed E-state index contributed by atoms with van der Waals surface area (Å²) in [6.07, 6.45) is 3.60. The molecule has 1 aromatic carbocycles. The maximum atomic E-state index is 5.68. The summed E-state index contributed by atoms with van der Waals surface area (Å²) in [7, 11) is 0. The highest BCUT2D eigenvalue weighted by Gasteiger charge is 2.06. The van der Waals surface area contributed by atoms with E-state index in [1.165, 1.54) is 0 Å². The van der Waals surface area contributed by atoms with Crippen molar-refractivity contribution in [2.24, 2.45) is 5.73 Å². The Balaban J connectivity index is 2.59. The largest absolute Gasteiger partial charge is 0.326 e. The van der Waals surface area contributed by atoms with Crippen LogP contribution in [0, 0.1) is 0 Å². The maximum Gasteiger partial charge on any atom is 0.0318 e. The number of nitrogens with two attached hydrogens (primary N) is 1. The third kappa shape index (κ3) is 2.08. The summed E-state index contributed by atoms with van der Waals surface area (Å²) >= 11 is 3.54. The predicted molar refractivity (Wildman–Crippen MR) is 65.3 cm³/mol. The smallest absolute Gasteiger partial charge is 0.0318 e. The van der Waals surface area contributed by atoms with Crippen molar-refractivity contribution in [3.63, 3.8) is 0 Å². The zero-order valence-corrected chi connectivity index (χ0v) is 9.74. The van der Waals surface area contributed by atoms with Crippen molar-refractivity contribution < 1.29 is 0 Å². The second-order valence-electron chi connectivity index (χ2n) is 3.22. The van der Waals surface area contributed by atoms with Gasteiger partial charge in [0.25, 0.3) is 0 Å². The van der Waals surface area contributed by atoms with Gasteiger partial charge in [-0.2, -0.15) is 0 Å².